The van der Waals surface area contributed by atoms with Crippen LogP contribution in [-0.2, 0) is 9.59 Å². The van der Waals surface area contributed by atoms with Crippen molar-refractivity contribution in [3.05, 3.63) is 272 Å². The van der Waals surface area contributed by atoms with Crippen molar-refractivity contribution in [1.29, 1.82) is 0 Å². The largest absolute Gasteiger partial charge is 0.494 e. The van der Waals surface area contributed by atoms with Crippen LogP contribution in [0, 0.1) is 62.3 Å². The number of rotatable bonds is 38. The minimum atomic E-state index is -0.493. The summed E-state index contributed by atoms with van der Waals surface area (Å²) in [6, 6.07) is 49.4. The number of hydrogen-bond donors (Lipinski definition) is 2. The number of unbranched alkanes of at least 4 members (excludes halogenated alkanes) is 7. The lowest BCUT2D eigenvalue weighted by Gasteiger charge is -2.23. The molecule has 0 radical (unpaired) electrons. The first kappa shape index (κ1) is 111. The molecule has 147 heavy (non-hydrogen) atoms. The first-order valence-electron chi connectivity index (χ1n) is 52.0. The quantitative estimate of drug-likeness (QED) is 0.0339. The zero-order valence-electron chi connectivity index (χ0n) is 90.3. The molecule has 4 aromatic heterocycles. The van der Waals surface area contributed by atoms with Crippen molar-refractivity contribution < 1.29 is 23.8 Å². The first-order chi connectivity index (χ1) is 70.9. The fourth-order valence-corrected chi connectivity index (χ4v) is 17.4. The van der Waals surface area contributed by atoms with Gasteiger partial charge in [-0.05, 0) is 271 Å². The van der Waals surface area contributed by atoms with Gasteiger partial charge in [0.15, 0.2) is 40.6 Å². The third-order valence-electron chi connectivity index (χ3n) is 26.4. The Bertz CT molecular complexity index is 7100. The number of hydrogen-bond acceptors (Lipinski definition) is 26. The van der Waals surface area contributed by atoms with Crippen LogP contribution in [0.25, 0.3) is 11.3 Å². The summed E-state index contributed by atoms with van der Waals surface area (Å²) in [4.78, 5) is 127. The summed E-state index contributed by atoms with van der Waals surface area (Å²) in [5.74, 6) is 3.98. The minimum Gasteiger partial charge on any atom is -0.494 e. The van der Waals surface area contributed by atoms with Gasteiger partial charge in [-0.2, -0.15) is 28.9 Å². The third-order valence-corrected chi connectivity index (χ3v) is 26.4. The van der Waals surface area contributed by atoms with Crippen LogP contribution in [0.15, 0.2) is 211 Å². The Hall–Kier alpha value is -15.2. The summed E-state index contributed by atoms with van der Waals surface area (Å²) in [7, 11) is 1.65. The Balaban J connectivity index is 0.000000177. The number of nitrogens with zero attached hydrogens (tertiary/aromatic N) is 21. The third kappa shape index (κ3) is 26.2. The number of amidine groups is 1. The van der Waals surface area contributed by atoms with Gasteiger partial charge in [-0.3, -0.25) is 28.8 Å². The predicted molar refractivity (Wildman–Crippen MR) is 601 cm³/mol. The number of methoxy groups -OCH3 is 1. The Morgan fingerprint density at radius 3 is 1.51 bits per heavy atom. The molecule has 2 N–H and O–H groups in total. The summed E-state index contributed by atoms with van der Waals surface area (Å²) in [6.07, 6.45) is 12.2. The summed E-state index contributed by atoms with van der Waals surface area (Å²) in [5, 5.41) is 24.1. The summed E-state index contributed by atoms with van der Waals surface area (Å²) >= 11 is 0. The highest BCUT2D eigenvalue weighted by Crippen LogP contribution is 2.38. The van der Waals surface area contributed by atoms with Gasteiger partial charge in [-0.25, -0.2) is 39.9 Å². The number of ether oxygens (including phenoxy) is 3. The van der Waals surface area contributed by atoms with E-state index >= 15 is 0 Å². The summed E-state index contributed by atoms with van der Waals surface area (Å²) in [5.41, 5.74) is 19.3. The number of aryl methyl sites for hydroxylation is 6. The molecule has 0 saturated heterocycles. The first-order valence-corrected chi connectivity index (χ1v) is 52.0. The van der Waals surface area contributed by atoms with E-state index in [0.717, 1.165) is 164 Å². The normalized spacial score (nSPS) is 13.5. The van der Waals surface area contributed by atoms with Gasteiger partial charge in [0.1, 0.15) is 45.8 Å². The second kappa shape index (κ2) is 52.0. The number of fused-ring (bicyclic) bond motifs is 4. The van der Waals surface area contributed by atoms with E-state index in [0.29, 0.717) is 139 Å². The Morgan fingerprint density at radius 1 is 0.401 bits per heavy atom. The number of likely N-dealkylation sites (N-methyl/N-ethyl adjacent to an activating group) is 1. The number of benzene rings is 7. The van der Waals surface area contributed by atoms with Crippen LogP contribution in [0.5, 0.6) is 17.2 Å². The molecule has 0 unspecified atom stereocenters. The smallest absolute Gasteiger partial charge is 0.298 e. The molecule has 32 heteroatoms. The van der Waals surface area contributed by atoms with Crippen molar-refractivity contribution >= 4 is 115 Å². The highest BCUT2D eigenvalue weighted by Gasteiger charge is 2.36. The minimum absolute atomic E-state index is 0.0921. The number of para-hydroxylation sites is 1. The van der Waals surface area contributed by atoms with Gasteiger partial charge in [0.25, 0.3) is 28.1 Å². The SMILES string of the molecule is CCC(=O)Nc1c(C)nc2n(c1=O)N=C(Oc1ccccc1C)C2=Nc1ccc(N(CC)CC)cc1.CCCCC1=Nn2c(nc(C)c(C)c2=O)C1=Nc1ccc(N(CC)CC)cc1OC.CCCCCCCCOc1ccc(-c2nc3n(c(=O)c2C)N=C(N(CC)CCCC)C3=Nc2ccc(N(CC)CC)cc2NC(C)=O)cc1.CCN(CC)c1ccc(N=C2C(c3cccc(C)c3)=Nn3c2nc(C)c(C)c3=O)c(C)c1. The molecular formula is C115H145N23O9. The van der Waals surface area contributed by atoms with E-state index in [1.165, 1.54) is 58.7 Å². The van der Waals surface area contributed by atoms with Crippen LogP contribution in [0.3, 0.4) is 0 Å². The number of aliphatic imine (C=N–C) groups is 4. The molecule has 4 aliphatic rings. The molecule has 0 bridgehead atoms. The zero-order valence-corrected chi connectivity index (χ0v) is 90.3. The van der Waals surface area contributed by atoms with Crippen LogP contribution < -0.4 is 66.7 Å². The van der Waals surface area contributed by atoms with Gasteiger partial charge in [0, 0.05) is 147 Å². The standard InChI is InChI=1S/C39H55N7O3.C27H30N6O3.C26H29N5O.C23H31N5O2/c1-8-13-15-16-17-18-26-49-32-22-19-30(20-23-32)35-28(6)39(48)46-37(42-35)36(38(43-46)45(12-5)25-14-9-2)41-33-24-21-31(44(10-3)11-4)27-34(33)40-29(7)47;1-6-22(34)30-23-18(5)28-25-24(29-19-13-15-20(16-14-19)32(7-2)8-3)26(31-33(25)27(23)35)36-21-12-10-9-11-17(21)4;1-7-30(8-2)21-12-13-22(17(4)15-21)28-24-23(20-11-9-10-16(3)14-20)29-31-25(24)27-19(6)18(5)26(31)32;1-7-10-11-19-21(22-24-16(5)15(4)23(29)28(22)26-19)25-18-13-12-17(14-20(18)30-6)27(8-2)9-3/h19-24,27H,8-18,25-26H2,1-7H3,(H,40,47);9-16H,6-8H2,1-5H3,(H,30,34);9-15H,7-8H2,1-6H3;12-14H,7-11H2,1-6H3. The fraction of sp³-hybridized carbons (Fsp3) is 0.409. The second-order valence-electron chi connectivity index (χ2n) is 36.5. The van der Waals surface area contributed by atoms with Gasteiger partial charge in [0.05, 0.1) is 53.6 Å². The molecule has 0 aliphatic carbocycles. The second-order valence-corrected chi connectivity index (χ2v) is 36.5. The molecule has 0 atom stereocenters. The highest BCUT2D eigenvalue weighted by atomic mass is 16.5. The maximum atomic E-state index is 13.9. The van der Waals surface area contributed by atoms with Crippen molar-refractivity contribution in [2.24, 2.45) is 40.4 Å². The lowest BCUT2D eigenvalue weighted by molar-refractivity contribution is -0.116. The maximum absolute atomic E-state index is 13.9. The van der Waals surface area contributed by atoms with Crippen molar-refractivity contribution in [2.75, 3.05) is 109 Å². The molecule has 774 valence electrons. The molecule has 15 rings (SSSR count). The molecule has 2 amide bonds. The molecular weight excluding hydrogens is 1850 g/mol. The number of anilines is 6. The molecule has 32 nitrogen and oxygen atoms in total. The molecule has 0 saturated carbocycles. The average Bonchev–Trinajstić information content (AvgIpc) is 1.60. The van der Waals surface area contributed by atoms with Crippen LogP contribution in [-0.4, -0.2) is 181 Å². The highest BCUT2D eigenvalue weighted by molar-refractivity contribution is 6.54. The number of carbonyl (C=O) groups excluding carboxylic acids is 2. The van der Waals surface area contributed by atoms with Crippen LogP contribution >= 0.6 is 0 Å². The fourth-order valence-electron chi connectivity index (χ4n) is 17.4. The van der Waals surface area contributed by atoms with Gasteiger partial charge >= 0.3 is 0 Å². The molecule has 0 fully saturated rings. The Kier molecular flexibility index (Phi) is 39.1. The topological polar surface area (TPSA) is 341 Å². The molecule has 11 aromatic rings. The van der Waals surface area contributed by atoms with Gasteiger partial charge < -0.3 is 49.3 Å². The van der Waals surface area contributed by atoms with Gasteiger partial charge in [-0.1, -0.05) is 115 Å². The monoisotopic (exact) mass is 1990 g/mol. The average molecular weight is 1990 g/mol. The van der Waals surface area contributed by atoms with Crippen molar-refractivity contribution in [1.82, 2.24) is 43.5 Å². The van der Waals surface area contributed by atoms with E-state index < -0.39 is 5.56 Å². The van der Waals surface area contributed by atoms with E-state index in [9.17, 15) is 28.8 Å². The number of carbonyl (C=O) groups is 2. The Labute approximate surface area is 864 Å². The van der Waals surface area contributed by atoms with Crippen LogP contribution in [0.1, 0.15) is 253 Å². The van der Waals surface area contributed by atoms with Crippen molar-refractivity contribution in [3.63, 3.8) is 0 Å². The predicted octanol–water partition coefficient (Wildman–Crippen LogP) is 21.6. The summed E-state index contributed by atoms with van der Waals surface area (Å²) < 4.78 is 23.1. The van der Waals surface area contributed by atoms with E-state index in [4.69, 9.17) is 49.2 Å². The van der Waals surface area contributed by atoms with Crippen molar-refractivity contribution in [2.45, 2.75) is 236 Å². The molecule has 0 spiro atoms. The molecule has 8 heterocycles. The Morgan fingerprint density at radius 2 is 0.918 bits per heavy atom. The van der Waals surface area contributed by atoms with Gasteiger partial charge in [0.2, 0.25) is 11.8 Å². The number of nitrogens with one attached hydrogen (secondary N) is 2. The van der Waals surface area contributed by atoms with E-state index in [1.807, 2.05) is 161 Å². The van der Waals surface area contributed by atoms with Gasteiger partial charge in [-0.15, -0.1) is 10.2 Å². The molecule has 4 aliphatic heterocycles. The zero-order chi connectivity index (χ0) is 106. The maximum Gasteiger partial charge on any atom is 0.298 e. The number of amides is 2. The lowest BCUT2D eigenvalue weighted by atomic mass is 10.0. The van der Waals surface area contributed by atoms with Crippen LogP contribution in [0.2, 0.25) is 0 Å². The van der Waals surface area contributed by atoms with E-state index in [1.54, 1.807) is 41.7 Å². The van der Waals surface area contributed by atoms with Crippen molar-refractivity contribution in [3.8, 4) is 28.5 Å². The van der Waals surface area contributed by atoms with E-state index in [2.05, 4.69) is 169 Å². The summed E-state index contributed by atoms with van der Waals surface area (Å²) in [6.45, 7) is 54.9. The van der Waals surface area contributed by atoms with Crippen LogP contribution in [0.4, 0.5) is 56.9 Å². The number of aromatic nitrogens is 8. The van der Waals surface area contributed by atoms with E-state index in [-0.39, 0.29) is 52.3 Å². The molecule has 7 aromatic carbocycles. The lowest BCUT2D eigenvalue weighted by Crippen LogP contribution is -2.36.